The van der Waals surface area contributed by atoms with Crippen LogP contribution in [0.2, 0.25) is 0 Å². The smallest absolute Gasteiger partial charge is 0.322 e. The average molecular weight is 410 g/mol. The van der Waals surface area contributed by atoms with Crippen LogP contribution in [0.1, 0.15) is 44.2 Å². The third-order valence-corrected chi connectivity index (χ3v) is 6.08. The van der Waals surface area contributed by atoms with Crippen LogP contribution in [-0.2, 0) is 16.1 Å². The summed E-state index contributed by atoms with van der Waals surface area (Å²) in [7, 11) is 0. The zero-order valence-corrected chi connectivity index (χ0v) is 17.3. The van der Waals surface area contributed by atoms with Gasteiger partial charge in [0.2, 0.25) is 5.89 Å². The number of likely N-dealkylation sites (tertiary alicyclic amines) is 1. The van der Waals surface area contributed by atoms with Gasteiger partial charge in [0.1, 0.15) is 0 Å². The maximum Gasteiger partial charge on any atom is 0.322 e. The molecule has 2 aromatic heterocycles. The highest BCUT2D eigenvalue weighted by Gasteiger charge is 2.38. The molecular formula is C21H26N6O3. The molecule has 1 aromatic carbocycles. The molecule has 0 amide bonds. The molecule has 9 heteroatoms. The highest BCUT2D eigenvalue weighted by Crippen LogP contribution is 2.31. The number of para-hydroxylation sites is 1. The van der Waals surface area contributed by atoms with Gasteiger partial charge in [-0.3, -0.25) is 9.69 Å². The first-order chi connectivity index (χ1) is 14.6. The zero-order valence-electron chi connectivity index (χ0n) is 17.3. The van der Waals surface area contributed by atoms with Crippen LogP contribution in [0.25, 0.3) is 16.9 Å². The van der Waals surface area contributed by atoms with Crippen LogP contribution in [0.5, 0.6) is 0 Å². The topological polar surface area (TPSA) is 89.5 Å². The summed E-state index contributed by atoms with van der Waals surface area (Å²) in [5, 5.41) is 11.8. The molecule has 2 fully saturated rings. The first-order valence-electron chi connectivity index (χ1n) is 10.6. The molecule has 2 aliphatic rings. The van der Waals surface area contributed by atoms with E-state index in [4.69, 9.17) is 14.5 Å². The SMILES string of the molecule is CCc1nn(-c2noc(C3CN(C4CCN(OC(C)=O)CC4)C3)n2)c2ccccc12. The quantitative estimate of drug-likeness (QED) is 0.633. The van der Waals surface area contributed by atoms with Gasteiger partial charge in [-0.2, -0.15) is 14.8 Å². The standard InChI is InChI=1S/C21H26N6O3/c1-3-18-17-6-4-5-7-19(17)27(23-18)21-22-20(29-24-21)15-12-25(13-15)16-8-10-26(11-9-16)30-14(2)28/h4-7,15-16H,3,8-13H2,1-2H3. The molecule has 2 saturated heterocycles. The molecular weight excluding hydrogens is 384 g/mol. The van der Waals surface area contributed by atoms with E-state index in [1.54, 1.807) is 9.75 Å². The molecule has 3 aromatic rings. The van der Waals surface area contributed by atoms with Crippen LogP contribution in [0.3, 0.4) is 0 Å². The Morgan fingerprint density at radius 2 is 2.00 bits per heavy atom. The van der Waals surface area contributed by atoms with Crippen molar-refractivity contribution in [2.75, 3.05) is 26.2 Å². The highest BCUT2D eigenvalue weighted by atomic mass is 16.7. The number of carbonyl (C=O) groups is 1. The molecule has 0 N–H and O–H groups in total. The van der Waals surface area contributed by atoms with Gasteiger partial charge in [-0.25, -0.2) is 0 Å². The Balaban J connectivity index is 1.23. The molecule has 0 radical (unpaired) electrons. The van der Waals surface area contributed by atoms with Crippen LogP contribution < -0.4 is 0 Å². The Kier molecular flexibility index (Phi) is 5.00. The van der Waals surface area contributed by atoms with E-state index in [1.165, 1.54) is 6.92 Å². The molecule has 30 heavy (non-hydrogen) atoms. The Hall–Kier alpha value is -2.78. The monoisotopic (exact) mass is 410 g/mol. The average Bonchev–Trinajstić information content (AvgIpc) is 3.32. The summed E-state index contributed by atoms with van der Waals surface area (Å²) in [6, 6.07) is 8.64. The summed E-state index contributed by atoms with van der Waals surface area (Å²) >= 11 is 0. The van der Waals surface area contributed by atoms with E-state index in [-0.39, 0.29) is 11.9 Å². The van der Waals surface area contributed by atoms with Crippen molar-refractivity contribution in [3.63, 3.8) is 0 Å². The number of aryl methyl sites for hydroxylation is 1. The van der Waals surface area contributed by atoms with Crippen molar-refractivity contribution in [3.05, 3.63) is 35.9 Å². The molecule has 0 atom stereocenters. The van der Waals surface area contributed by atoms with Crippen LogP contribution in [0.4, 0.5) is 0 Å². The van der Waals surface area contributed by atoms with E-state index in [0.29, 0.717) is 17.9 Å². The second kappa shape index (κ2) is 7.81. The number of aromatic nitrogens is 4. The second-order valence-corrected chi connectivity index (χ2v) is 8.06. The Bertz CT molecular complexity index is 1050. The summed E-state index contributed by atoms with van der Waals surface area (Å²) in [4.78, 5) is 23.4. The van der Waals surface area contributed by atoms with Crippen molar-refractivity contribution in [2.24, 2.45) is 0 Å². The largest absolute Gasteiger partial charge is 0.368 e. The fraction of sp³-hybridized carbons (Fsp3) is 0.524. The summed E-state index contributed by atoms with van der Waals surface area (Å²) in [5.74, 6) is 1.18. The van der Waals surface area contributed by atoms with Gasteiger partial charge in [0.05, 0.1) is 17.1 Å². The summed E-state index contributed by atoms with van der Waals surface area (Å²) in [6.07, 6.45) is 2.84. The van der Waals surface area contributed by atoms with Crippen LogP contribution in [-0.4, -0.2) is 68.1 Å². The van der Waals surface area contributed by atoms with Crippen LogP contribution in [0, 0.1) is 0 Å². The van der Waals surface area contributed by atoms with Crippen molar-refractivity contribution in [1.29, 1.82) is 0 Å². The van der Waals surface area contributed by atoms with Crippen molar-refractivity contribution >= 4 is 16.9 Å². The third-order valence-electron chi connectivity index (χ3n) is 6.08. The summed E-state index contributed by atoms with van der Waals surface area (Å²) in [5.41, 5.74) is 2.03. The molecule has 0 aliphatic carbocycles. The fourth-order valence-corrected chi connectivity index (χ4v) is 4.47. The molecule has 4 heterocycles. The van der Waals surface area contributed by atoms with Crippen molar-refractivity contribution in [1.82, 2.24) is 29.9 Å². The number of nitrogens with zero attached hydrogens (tertiary/aromatic N) is 6. The predicted octanol–water partition coefficient (Wildman–Crippen LogP) is 2.31. The minimum atomic E-state index is -0.249. The molecule has 2 aliphatic heterocycles. The molecule has 0 spiro atoms. The first kappa shape index (κ1) is 19.2. The van der Waals surface area contributed by atoms with Crippen molar-refractivity contribution < 1.29 is 14.2 Å². The van der Waals surface area contributed by atoms with E-state index >= 15 is 0 Å². The Morgan fingerprint density at radius 1 is 1.23 bits per heavy atom. The lowest BCUT2D eigenvalue weighted by molar-refractivity contribution is -0.195. The minimum Gasteiger partial charge on any atom is -0.368 e. The molecule has 0 unspecified atom stereocenters. The van der Waals surface area contributed by atoms with Crippen LogP contribution in [0.15, 0.2) is 28.8 Å². The van der Waals surface area contributed by atoms with Gasteiger partial charge in [0.25, 0.3) is 5.95 Å². The second-order valence-electron chi connectivity index (χ2n) is 8.06. The fourth-order valence-electron chi connectivity index (χ4n) is 4.47. The number of hydroxylamine groups is 2. The van der Waals surface area contributed by atoms with E-state index in [1.807, 2.05) is 18.2 Å². The lowest BCUT2D eigenvalue weighted by atomic mass is 9.93. The lowest BCUT2D eigenvalue weighted by Gasteiger charge is -2.45. The molecule has 158 valence electrons. The minimum absolute atomic E-state index is 0.249. The third kappa shape index (κ3) is 3.48. The van der Waals surface area contributed by atoms with Gasteiger partial charge in [0, 0.05) is 44.5 Å². The number of hydrogen-bond donors (Lipinski definition) is 0. The number of fused-ring (bicyclic) bond motifs is 1. The number of benzene rings is 1. The number of rotatable bonds is 5. The van der Waals surface area contributed by atoms with Gasteiger partial charge < -0.3 is 9.36 Å². The Morgan fingerprint density at radius 3 is 2.73 bits per heavy atom. The summed E-state index contributed by atoms with van der Waals surface area (Å²) in [6.45, 7) is 6.94. The normalized spacial score (nSPS) is 19.3. The van der Waals surface area contributed by atoms with Gasteiger partial charge in [-0.1, -0.05) is 25.1 Å². The molecule has 5 rings (SSSR count). The molecule has 0 bridgehead atoms. The van der Waals surface area contributed by atoms with E-state index < -0.39 is 0 Å². The molecule has 9 nitrogen and oxygen atoms in total. The van der Waals surface area contributed by atoms with Crippen molar-refractivity contribution in [2.45, 2.75) is 45.1 Å². The zero-order chi connectivity index (χ0) is 20.7. The first-order valence-corrected chi connectivity index (χ1v) is 10.6. The van der Waals surface area contributed by atoms with Gasteiger partial charge in [-0.05, 0) is 30.5 Å². The number of hydrogen-bond acceptors (Lipinski definition) is 8. The number of carbonyl (C=O) groups excluding carboxylic acids is 1. The van der Waals surface area contributed by atoms with Crippen LogP contribution >= 0.6 is 0 Å². The van der Waals surface area contributed by atoms with E-state index in [2.05, 4.69) is 28.0 Å². The maximum atomic E-state index is 11.1. The van der Waals surface area contributed by atoms with Gasteiger partial charge >= 0.3 is 5.97 Å². The van der Waals surface area contributed by atoms with Gasteiger partial charge in [-0.15, -0.1) is 5.06 Å². The number of piperidine rings is 1. The predicted molar refractivity (Wildman–Crippen MR) is 109 cm³/mol. The summed E-state index contributed by atoms with van der Waals surface area (Å²) < 4.78 is 7.38. The van der Waals surface area contributed by atoms with Crippen molar-refractivity contribution in [3.8, 4) is 5.95 Å². The van der Waals surface area contributed by atoms with E-state index in [9.17, 15) is 4.79 Å². The Labute approximate surface area is 174 Å². The highest BCUT2D eigenvalue weighted by molar-refractivity contribution is 5.83. The maximum absolute atomic E-state index is 11.1. The van der Waals surface area contributed by atoms with E-state index in [0.717, 1.165) is 62.0 Å². The van der Waals surface area contributed by atoms with Gasteiger partial charge in [0.15, 0.2) is 0 Å². The lowest BCUT2D eigenvalue weighted by Crippen LogP contribution is -2.54. The molecule has 0 saturated carbocycles.